The molecular formula is C14H19FN2O2. The molecule has 1 saturated heterocycles. The topological polar surface area (TPSA) is 55.6 Å². The molecule has 1 aromatic carbocycles. The highest BCUT2D eigenvalue weighted by molar-refractivity contribution is 5.78. The maximum Gasteiger partial charge on any atom is 0.249 e. The third kappa shape index (κ3) is 3.52. The second kappa shape index (κ2) is 6.63. The summed E-state index contributed by atoms with van der Waals surface area (Å²) in [6.45, 7) is 1.45. The number of halogens is 1. The van der Waals surface area contributed by atoms with Crippen LogP contribution in [0.15, 0.2) is 24.3 Å². The van der Waals surface area contributed by atoms with Gasteiger partial charge in [-0.25, -0.2) is 4.39 Å². The van der Waals surface area contributed by atoms with E-state index < -0.39 is 0 Å². The van der Waals surface area contributed by atoms with Crippen LogP contribution < -0.4 is 5.73 Å². The summed E-state index contributed by atoms with van der Waals surface area (Å²) in [5.74, 6) is -0.365. The summed E-state index contributed by atoms with van der Waals surface area (Å²) in [6.07, 6.45) is 1.62. The second-order valence-corrected chi connectivity index (χ2v) is 4.71. The minimum absolute atomic E-state index is 0.00981. The molecule has 5 heteroatoms. The molecule has 0 aliphatic carbocycles. The van der Waals surface area contributed by atoms with Crippen LogP contribution in [0, 0.1) is 5.82 Å². The Balaban J connectivity index is 2.09. The first kappa shape index (κ1) is 14.0. The molecule has 104 valence electrons. The van der Waals surface area contributed by atoms with Crippen molar-refractivity contribution in [2.45, 2.75) is 25.4 Å². The predicted octanol–water partition coefficient (Wildman–Crippen LogP) is 1.29. The average molecular weight is 266 g/mol. The van der Waals surface area contributed by atoms with Crippen molar-refractivity contribution >= 4 is 5.91 Å². The SMILES string of the molecule is NCCCC1COCC(=O)N1Cc1ccccc1F. The van der Waals surface area contributed by atoms with Crippen molar-refractivity contribution in [3.05, 3.63) is 35.6 Å². The van der Waals surface area contributed by atoms with Crippen LogP contribution in [0.25, 0.3) is 0 Å². The van der Waals surface area contributed by atoms with E-state index in [1.807, 2.05) is 0 Å². The lowest BCUT2D eigenvalue weighted by atomic mass is 10.1. The number of nitrogens with two attached hydrogens (primary N) is 1. The molecule has 1 amide bonds. The Kier molecular flexibility index (Phi) is 4.87. The first-order valence-electron chi connectivity index (χ1n) is 6.53. The van der Waals surface area contributed by atoms with Gasteiger partial charge in [0.15, 0.2) is 0 Å². The van der Waals surface area contributed by atoms with E-state index in [9.17, 15) is 9.18 Å². The number of benzene rings is 1. The van der Waals surface area contributed by atoms with E-state index in [0.717, 1.165) is 12.8 Å². The number of hydrogen-bond donors (Lipinski definition) is 1. The molecule has 0 aromatic heterocycles. The normalized spacial score (nSPS) is 19.8. The largest absolute Gasteiger partial charge is 0.369 e. The van der Waals surface area contributed by atoms with Gasteiger partial charge in [0.25, 0.3) is 0 Å². The van der Waals surface area contributed by atoms with Crippen molar-refractivity contribution in [2.24, 2.45) is 5.73 Å². The third-order valence-electron chi connectivity index (χ3n) is 3.34. The molecule has 2 rings (SSSR count). The van der Waals surface area contributed by atoms with Gasteiger partial charge in [0.05, 0.1) is 12.6 Å². The highest BCUT2D eigenvalue weighted by Gasteiger charge is 2.28. The highest BCUT2D eigenvalue weighted by Crippen LogP contribution is 2.18. The van der Waals surface area contributed by atoms with E-state index in [-0.39, 0.29) is 24.4 Å². The molecule has 4 nitrogen and oxygen atoms in total. The fraction of sp³-hybridized carbons (Fsp3) is 0.500. The standard InChI is InChI=1S/C14H19FN2O2/c15-13-6-2-1-4-11(13)8-17-12(5-3-7-16)9-19-10-14(17)18/h1-2,4,6,12H,3,5,7-10,16H2. The monoisotopic (exact) mass is 266 g/mol. The number of nitrogens with zero attached hydrogens (tertiary/aromatic N) is 1. The molecule has 1 aromatic rings. The fourth-order valence-electron chi connectivity index (χ4n) is 2.28. The molecule has 1 unspecified atom stereocenters. The van der Waals surface area contributed by atoms with Gasteiger partial charge in [-0.2, -0.15) is 0 Å². The summed E-state index contributed by atoms with van der Waals surface area (Å²) >= 11 is 0. The van der Waals surface area contributed by atoms with Crippen LogP contribution in [0.1, 0.15) is 18.4 Å². The van der Waals surface area contributed by atoms with Crippen LogP contribution in [-0.2, 0) is 16.1 Å². The van der Waals surface area contributed by atoms with Gasteiger partial charge in [0, 0.05) is 12.1 Å². The molecule has 1 atom stereocenters. The lowest BCUT2D eigenvalue weighted by molar-refractivity contribution is -0.149. The summed E-state index contributed by atoms with van der Waals surface area (Å²) < 4.78 is 18.9. The predicted molar refractivity (Wildman–Crippen MR) is 69.8 cm³/mol. The lowest BCUT2D eigenvalue weighted by Crippen LogP contribution is -2.49. The van der Waals surface area contributed by atoms with Crippen LogP contribution in [0.3, 0.4) is 0 Å². The van der Waals surface area contributed by atoms with E-state index >= 15 is 0 Å². The van der Waals surface area contributed by atoms with E-state index in [4.69, 9.17) is 10.5 Å². The van der Waals surface area contributed by atoms with Crippen molar-refractivity contribution < 1.29 is 13.9 Å². The smallest absolute Gasteiger partial charge is 0.249 e. The number of amides is 1. The molecule has 0 radical (unpaired) electrons. The summed E-state index contributed by atoms with van der Waals surface area (Å²) in [5, 5.41) is 0. The Morgan fingerprint density at radius 3 is 2.95 bits per heavy atom. The van der Waals surface area contributed by atoms with Crippen LogP contribution >= 0.6 is 0 Å². The Bertz CT molecular complexity index is 439. The maximum absolute atomic E-state index is 13.7. The molecule has 19 heavy (non-hydrogen) atoms. The van der Waals surface area contributed by atoms with Gasteiger partial charge in [-0.05, 0) is 25.5 Å². The summed E-state index contributed by atoms with van der Waals surface area (Å²) in [6, 6.07) is 6.53. The fourth-order valence-corrected chi connectivity index (χ4v) is 2.28. The van der Waals surface area contributed by atoms with Crippen molar-refractivity contribution in [1.29, 1.82) is 0 Å². The molecule has 1 aliphatic heterocycles. The number of ether oxygens (including phenoxy) is 1. The number of carbonyl (C=O) groups is 1. The van der Waals surface area contributed by atoms with Crippen molar-refractivity contribution in [2.75, 3.05) is 19.8 Å². The summed E-state index contributed by atoms with van der Waals surface area (Å²) in [7, 11) is 0. The molecule has 0 spiro atoms. The van der Waals surface area contributed by atoms with Crippen molar-refractivity contribution in [3.8, 4) is 0 Å². The zero-order valence-electron chi connectivity index (χ0n) is 10.8. The van der Waals surface area contributed by atoms with E-state index in [2.05, 4.69) is 0 Å². The molecule has 1 aliphatic rings. The minimum atomic E-state index is -0.278. The van der Waals surface area contributed by atoms with Gasteiger partial charge >= 0.3 is 0 Å². The quantitative estimate of drug-likeness (QED) is 0.873. The first-order valence-corrected chi connectivity index (χ1v) is 6.53. The van der Waals surface area contributed by atoms with Crippen molar-refractivity contribution in [1.82, 2.24) is 4.90 Å². The summed E-state index contributed by atoms with van der Waals surface area (Å²) in [4.78, 5) is 13.6. The third-order valence-corrected chi connectivity index (χ3v) is 3.34. The Morgan fingerprint density at radius 1 is 1.42 bits per heavy atom. The first-order chi connectivity index (χ1) is 9.22. The highest BCUT2D eigenvalue weighted by atomic mass is 19.1. The lowest BCUT2D eigenvalue weighted by Gasteiger charge is -2.35. The maximum atomic E-state index is 13.7. The molecule has 1 fully saturated rings. The average Bonchev–Trinajstić information content (AvgIpc) is 2.41. The van der Waals surface area contributed by atoms with E-state index in [0.29, 0.717) is 25.3 Å². The van der Waals surface area contributed by atoms with Crippen LogP contribution in [-0.4, -0.2) is 36.6 Å². The van der Waals surface area contributed by atoms with Gasteiger partial charge < -0.3 is 15.4 Å². The number of rotatable bonds is 5. The van der Waals surface area contributed by atoms with Crippen LogP contribution in [0.5, 0.6) is 0 Å². The Labute approximate surface area is 112 Å². The summed E-state index contributed by atoms with van der Waals surface area (Å²) in [5.41, 5.74) is 6.04. The molecule has 0 bridgehead atoms. The van der Waals surface area contributed by atoms with Gasteiger partial charge in [0.2, 0.25) is 5.91 Å². The van der Waals surface area contributed by atoms with E-state index in [1.165, 1.54) is 6.07 Å². The zero-order chi connectivity index (χ0) is 13.7. The number of morpholine rings is 1. The van der Waals surface area contributed by atoms with Gasteiger partial charge in [-0.1, -0.05) is 18.2 Å². The van der Waals surface area contributed by atoms with Crippen LogP contribution in [0.4, 0.5) is 4.39 Å². The number of carbonyl (C=O) groups excluding carboxylic acids is 1. The molecule has 0 saturated carbocycles. The molecular weight excluding hydrogens is 247 g/mol. The van der Waals surface area contributed by atoms with E-state index in [1.54, 1.807) is 23.1 Å². The van der Waals surface area contributed by atoms with Gasteiger partial charge in [0.1, 0.15) is 12.4 Å². The van der Waals surface area contributed by atoms with Gasteiger partial charge in [-0.15, -0.1) is 0 Å². The Hall–Kier alpha value is -1.46. The number of hydrogen-bond acceptors (Lipinski definition) is 3. The molecule has 2 N–H and O–H groups in total. The van der Waals surface area contributed by atoms with Crippen LogP contribution in [0.2, 0.25) is 0 Å². The van der Waals surface area contributed by atoms with Crippen molar-refractivity contribution in [3.63, 3.8) is 0 Å². The van der Waals surface area contributed by atoms with Gasteiger partial charge in [-0.3, -0.25) is 4.79 Å². The second-order valence-electron chi connectivity index (χ2n) is 4.71. The molecule has 1 heterocycles. The zero-order valence-corrected chi connectivity index (χ0v) is 10.8. The Morgan fingerprint density at radius 2 is 2.21 bits per heavy atom. The minimum Gasteiger partial charge on any atom is -0.369 e.